The van der Waals surface area contributed by atoms with E-state index < -0.39 is 0 Å². The maximum atomic E-state index is 4.36. The molecule has 2 rings (SSSR count). The summed E-state index contributed by atoms with van der Waals surface area (Å²) in [5.41, 5.74) is 1.14. The van der Waals surface area contributed by atoms with E-state index in [2.05, 4.69) is 26.1 Å². The van der Waals surface area contributed by atoms with E-state index in [9.17, 15) is 0 Å². The highest BCUT2D eigenvalue weighted by atomic mass is 79.9. The molecule has 72 valence electrons. The predicted octanol–water partition coefficient (Wildman–Crippen LogP) is 2.24. The van der Waals surface area contributed by atoms with E-state index in [0.717, 1.165) is 5.69 Å². The van der Waals surface area contributed by atoms with Crippen molar-refractivity contribution < 1.29 is 0 Å². The monoisotopic (exact) mass is 243 g/mol. The Labute approximate surface area is 86.6 Å². The summed E-state index contributed by atoms with van der Waals surface area (Å²) in [7, 11) is 1.87. The maximum Gasteiger partial charge on any atom is 0.0869 e. The second kappa shape index (κ2) is 3.78. The normalized spacial score (nSPS) is 29.1. The van der Waals surface area contributed by atoms with Crippen molar-refractivity contribution in [3.05, 3.63) is 11.9 Å². The van der Waals surface area contributed by atoms with E-state index in [-0.39, 0.29) is 0 Å². The van der Waals surface area contributed by atoms with Gasteiger partial charge in [0.2, 0.25) is 0 Å². The smallest absolute Gasteiger partial charge is 0.0869 e. The zero-order valence-electron chi connectivity index (χ0n) is 7.78. The minimum absolute atomic E-state index is 0.572. The van der Waals surface area contributed by atoms with Gasteiger partial charge in [0.25, 0.3) is 0 Å². The summed E-state index contributed by atoms with van der Waals surface area (Å²) in [6, 6.07) is 0. The second-order valence-corrected chi connectivity index (χ2v) is 4.84. The zero-order valence-corrected chi connectivity index (χ0v) is 9.37. The minimum atomic E-state index is 0.572. The first-order valence-corrected chi connectivity index (χ1v) is 5.69. The van der Waals surface area contributed by atoms with Crippen LogP contribution in [0.4, 0.5) is 0 Å². The number of alkyl halides is 1. The van der Waals surface area contributed by atoms with E-state index in [4.69, 9.17) is 0 Å². The van der Waals surface area contributed by atoms with Gasteiger partial charge >= 0.3 is 0 Å². The number of hydrogen-bond acceptors (Lipinski definition) is 2. The Morgan fingerprint density at radius 1 is 1.46 bits per heavy atom. The lowest BCUT2D eigenvalue weighted by atomic mass is 9.87. The highest BCUT2D eigenvalue weighted by Crippen LogP contribution is 2.36. The van der Waals surface area contributed by atoms with Gasteiger partial charge in [-0.3, -0.25) is 0 Å². The maximum absolute atomic E-state index is 4.36. The molecule has 4 heteroatoms. The van der Waals surface area contributed by atoms with Gasteiger partial charge in [-0.15, -0.1) is 0 Å². The van der Waals surface area contributed by atoms with Gasteiger partial charge in [0.05, 0.1) is 11.9 Å². The highest BCUT2D eigenvalue weighted by Gasteiger charge is 2.26. The lowest BCUT2D eigenvalue weighted by Gasteiger charge is -2.25. The van der Waals surface area contributed by atoms with Crippen LogP contribution in [0.2, 0.25) is 0 Å². The second-order valence-electron chi connectivity index (χ2n) is 3.67. The van der Waals surface area contributed by atoms with Crippen LogP contribution in [0.25, 0.3) is 0 Å². The van der Waals surface area contributed by atoms with Gasteiger partial charge in [-0.1, -0.05) is 28.8 Å². The fraction of sp³-hybridized carbons (Fsp3) is 0.778. The molecular weight excluding hydrogens is 230 g/mol. The van der Waals surface area contributed by atoms with Crippen LogP contribution in [-0.4, -0.2) is 19.8 Å². The number of nitrogens with zero attached hydrogens (tertiary/aromatic N) is 3. The molecule has 0 aromatic carbocycles. The average molecular weight is 244 g/mol. The van der Waals surface area contributed by atoms with Gasteiger partial charge in [0, 0.05) is 17.8 Å². The molecule has 2 atom stereocenters. The summed E-state index contributed by atoms with van der Waals surface area (Å²) in [6.07, 6.45) is 7.07. The van der Waals surface area contributed by atoms with Crippen LogP contribution < -0.4 is 0 Å². The van der Waals surface area contributed by atoms with E-state index in [1.807, 2.05) is 13.2 Å². The number of rotatable bonds is 1. The number of aryl methyl sites for hydroxylation is 1. The molecule has 1 aromatic heterocycles. The van der Waals surface area contributed by atoms with E-state index >= 15 is 0 Å². The molecule has 1 heterocycles. The lowest BCUT2D eigenvalue weighted by molar-refractivity contribution is 0.450. The Morgan fingerprint density at radius 2 is 2.23 bits per heavy atom. The number of halogens is 1. The zero-order chi connectivity index (χ0) is 9.26. The standard InChI is InChI=1S/C9H14BrN3/c1-13-11-6-9(12-13)7-4-2-3-5-8(7)10/h6-8H,2-5H2,1H3. The molecule has 0 aliphatic heterocycles. The van der Waals surface area contributed by atoms with Crippen LogP contribution in [0.3, 0.4) is 0 Å². The molecule has 0 saturated heterocycles. The van der Waals surface area contributed by atoms with Crippen LogP contribution in [0, 0.1) is 0 Å². The Hall–Kier alpha value is -0.380. The third kappa shape index (κ3) is 1.93. The molecule has 1 saturated carbocycles. The predicted molar refractivity (Wildman–Crippen MR) is 54.9 cm³/mol. The molecule has 1 fully saturated rings. The van der Waals surface area contributed by atoms with Gasteiger partial charge in [-0.2, -0.15) is 15.0 Å². The molecule has 1 aromatic rings. The Morgan fingerprint density at radius 3 is 2.85 bits per heavy atom. The summed E-state index contributed by atoms with van der Waals surface area (Å²) in [5.74, 6) is 0.572. The fourth-order valence-electron chi connectivity index (χ4n) is 1.95. The van der Waals surface area contributed by atoms with Crippen LogP contribution in [-0.2, 0) is 7.05 Å². The number of hydrogen-bond donors (Lipinski definition) is 0. The van der Waals surface area contributed by atoms with Crippen LogP contribution in [0.5, 0.6) is 0 Å². The molecule has 0 amide bonds. The molecule has 0 bridgehead atoms. The molecule has 1 aliphatic carbocycles. The van der Waals surface area contributed by atoms with Crippen LogP contribution >= 0.6 is 15.9 Å². The fourth-order valence-corrected chi connectivity index (χ4v) is 2.81. The van der Waals surface area contributed by atoms with Crippen molar-refractivity contribution in [3.63, 3.8) is 0 Å². The van der Waals surface area contributed by atoms with E-state index in [1.54, 1.807) is 4.80 Å². The summed E-state index contributed by atoms with van der Waals surface area (Å²) in [6.45, 7) is 0. The van der Waals surface area contributed by atoms with Gasteiger partial charge in [-0.05, 0) is 12.8 Å². The SMILES string of the molecule is Cn1ncc(C2CCCCC2Br)n1. The summed E-state index contributed by atoms with van der Waals surface area (Å²) in [4.78, 5) is 2.24. The third-order valence-electron chi connectivity index (χ3n) is 2.68. The van der Waals surface area contributed by atoms with Gasteiger partial charge in [0.1, 0.15) is 0 Å². The minimum Gasteiger partial charge on any atom is -0.188 e. The van der Waals surface area contributed by atoms with Gasteiger partial charge in [-0.25, -0.2) is 0 Å². The Balaban J connectivity index is 2.14. The van der Waals surface area contributed by atoms with Gasteiger partial charge in [0.15, 0.2) is 0 Å². The average Bonchev–Trinajstić information content (AvgIpc) is 2.53. The van der Waals surface area contributed by atoms with Crippen molar-refractivity contribution in [1.29, 1.82) is 0 Å². The Kier molecular flexibility index (Phi) is 2.67. The molecule has 0 spiro atoms. The molecular formula is C9H14BrN3. The van der Waals surface area contributed by atoms with Crippen molar-refractivity contribution in [3.8, 4) is 0 Å². The summed E-state index contributed by atoms with van der Waals surface area (Å²) < 4.78 is 0. The van der Waals surface area contributed by atoms with Crippen LogP contribution in [0.15, 0.2) is 6.20 Å². The molecule has 3 nitrogen and oxygen atoms in total. The molecule has 2 unspecified atom stereocenters. The van der Waals surface area contributed by atoms with E-state index in [1.165, 1.54) is 25.7 Å². The van der Waals surface area contributed by atoms with Crippen molar-refractivity contribution in [1.82, 2.24) is 15.0 Å². The van der Waals surface area contributed by atoms with Crippen molar-refractivity contribution in [2.45, 2.75) is 36.4 Å². The lowest BCUT2D eigenvalue weighted by Crippen LogP contribution is -2.17. The largest absolute Gasteiger partial charge is 0.188 e. The molecule has 0 N–H and O–H groups in total. The summed E-state index contributed by atoms with van der Waals surface area (Å²) in [5, 5.41) is 8.47. The first-order chi connectivity index (χ1) is 6.27. The first kappa shape index (κ1) is 9.19. The first-order valence-electron chi connectivity index (χ1n) is 4.77. The van der Waals surface area contributed by atoms with E-state index in [0.29, 0.717) is 10.7 Å². The highest BCUT2D eigenvalue weighted by molar-refractivity contribution is 9.09. The van der Waals surface area contributed by atoms with Crippen LogP contribution in [0.1, 0.15) is 37.3 Å². The molecule has 0 radical (unpaired) electrons. The van der Waals surface area contributed by atoms with Crippen molar-refractivity contribution in [2.75, 3.05) is 0 Å². The van der Waals surface area contributed by atoms with Crippen molar-refractivity contribution in [2.24, 2.45) is 7.05 Å². The van der Waals surface area contributed by atoms with Gasteiger partial charge < -0.3 is 0 Å². The number of aromatic nitrogens is 3. The summed E-state index contributed by atoms with van der Waals surface area (Å²) >= 11 is 3.72. The Bertz CT molecular complexity index is 284. The molecule has 13 heavy (non-hydrogen) atoms. The third-order valence-corrected chi connectivity index (χ3v) is 3.77. The topological polar surface area (TPSA) is 30.7 Å². The van der Waals surface area contributed by atoms with Crippen molar-refractivity contribution >= 4 is 15.9 Å². The molecule has 1 aliphatic rings. The quantitative estimate of drug-likeness (QED) is 0.709.